The van der Waals surface area contributed by atoms with Gasteiger partial charge in [-0.1, -0.05) is 135 Å². The van der Waals surface area contributed by atoms with Gasteiger partial charge in [-0.3, -0.25) is 0 Å². The quantitative estimate of drug-likeness (QED) is 0.177. The number of fused-ring (bicyclic) bond motifs is 7. The zero-order valence-electron chi connectivity index (χ0n) is 31.2. The van der Waals surface area contributed by atoms with Gasteiger partial charge >= 0.3 is 0 Å². The van der Waals surface area contributed by atoms with Crippen molar-refractivity contribution >= 4 is 27.8 Å². The Bertz CT molecular complexity index is 2630. The fraction of sp³-hybridized carbons (Fsp3) is 0.245. The number of rotatable bonds is 4. The van der Waals surface area contributed by atoms with Gasteiger partial charge in [-0.05, 0) is 147 Å². The van der Waals surface area contributed by atoms with Crippen molar-refractivity contribution in [3.63, 3.8) is 0 Å². The van der Waals surface area contributed by atoms with Crippen molar-refractivity contribution in [3.8, 4) is 33.4 Å². The molecule has 0 heterocycles. The largest absolute Gasteiger partial charge is 0.310 e. The van der Waals surface area contributed by atoms with Crippen LogP contribution >= 0.6 is 0 Å². The van der Waals surface area contributed by atoms with E-state index in [1.807, 2.05) is 0 Å². The topological polar surface area (TPSA) is 3.24 Å². The number of hydrogen-bond acceptors (Lipinski definition) is 1. The van der Waals surface area contributed by atoms with Gasteiger partial charge in [0.15, 0.2) is 0 Å². The van der Waals surface area contributed by atoms with Gasteiger partial charge < -0.3 is 4.90 Å². The molecule has 0 radical (unpaired) electrons. The van der Waals surface area contributed by atoms with E-state index in [-0.39, 0.29) is 10.8 Å². The Morgan fingerprint density at radius 2 is 1.09 bits per heavy atom. The van der Waals surface area contributed by atoms with Crippen LogP contribution in [0.3, 0.4) is 0 Å². The summed E-state index contributed by atoms with van der Waals surface area (Å²) in [6.07, 6.45) is 7.02. The maximum absolute atomic E-state index is 2.59. The van der Waals surface area contributed by atoms with Gasteiger partial charge in [0.25, 0.3) is 0 Å². The Balaban J connectivity index is 1.12. The molecule has 0 amide bonds. The predicted molar refractivity (Wildman–Crippen MR) is 225 cm³/mol. The van der Waals surface area contributed by atoms with E-state index in [1.54, 1.807) is 11.1 Å². The summed E-state index contributed by atoms with van der Waals surface area (Å²) in [5.41, 5.74) is 18.1. The minimum absolute atomic E-state index is 0.0837. The van der Waals surface area contributed by atoms with Gasteiger partial charge in [-0.2, -0.15) is 0 Å². The first kappa shape index (κ1) is 31.0. The molecule has 1 nitrogen and oxygen atoms in total. The van der Waals surface area contributed by atoms with Crippen LogP contribution < -0.4 is 4.90 Å². The van der Waals surface area contributed by atoms with Crippen LogP contribution in [0.1, 0.15) is 68.2 Å². The molecule has 1 heteroatoms. The lowest BCUT2D eigenvalue weighted by Gasteiger charge is -2.61. The van der Waals surface area contributed by atoms with Gasteiger partial charge in [-0.25, -0.2) is 0 Å². The van der Waals surface area contributed by atoms with Crippen LogP contribution in [0.25, 0.3) is 44.2 Å². The first-order valence-electron chi connectivity index (χ1n) is 20.4. The minimum atomic E-state index is -0.0837. The first-order valence-corrected chi connectivity index (χ1v) is 20.4. The monoisotopic (exact) mass is 695 g/mol. The third-order valence-electron chi connectivity index (χ3n) is 14.8. The van der Waals surface area contributed by atoms with Crippen molar-refractivity contribution in [1.29, 1.82) is 0 Å². The van der Waals surface area contributed by atoms with Crippen molar-refractivity contribution in [2.75, 3.05) is 4.90 Å². The Hall–Kier alpha value is -5.40. The molecule has 6 aliphatic carbocycles. The van der Waals surface area contributed by atoms with Crippen LogP contribution in [0.4, 0.5) is 17.1 Å². The van der Waals surface area contributed by atoms with E-state index in [9.17, 15) is 0 Å². The maximum atomic E-state index is 2.59. The maximum Gasteiger partial charge on any atom is 0.0540 e. The molecule has 1 spiro atoms. The Morgan fingerprint density at radius 1 is 0.463 bits per heavy atom. The molecule has 54 heavy (non-hydrogen) atoms. The SMILES string of the molecule is CC1(C)c2ccccc2-c2ccc(N(c3ccc4c(c3)-c3c(-c5ccccc5)cccc3C43C4CC5CC(C4)CC3C5)c3cccc4ccccc34)cc21. The van der Waals surface area contributed by atoms with E-state index in [0.29, 0.717) is 0 Å². The van der Waals surface area contributed by atoms with Gasteiger partial charge in [0.1, 0.15) is 0 Å². The van der Waals surface area contributed by atoms with E-state index in [0.717, 1.165) is 23.7 Å². The number of hydrogen-bond donors (Lipinski definition) is 0. The lowest BCUT2D eigenvalue weighted by atomic mass is 9.43. The zero-order chi connectivity index (χ0) is 35.8. The molecule has 0 aliphatic heterocycles. The molecule has 4 fully saturated rings. The molecule has 262 valence electrons. The van der Waals surface area contributed by atoms with Crippen LogP contribution in [-0.2, 0) is 10.8 Å². The van der Waals surface area contributed by atoms with Crippen LogP contribution in [-0.4, -0.2) is 0 Å². The number of benzene rings is 7. The molecule has 7 aromatic rings. The van der Waals surface area contributed by atoms with E-state index in [2.05, 4.69) is 170 Å². The summed E-state index contributed by atoms with van der Waals surface area (Å²) in [7, 11) is 0. The second-order valence-electron chi connectivity index (χ2n) is 17.7. The summed E-state index contributed by atoms with van der Waals surface area (Å²) in [6.45, 7) is 4.79. The fourth-order valence-electron chi connectivity index (χ4n) is 12.9. The molecule has 0 saturated heterocycles. The summed E-state index contributed by atoms with van der Waals surface area (Å²) in [5, 5.41) is 2.53. The third-order valence-corrected chi connectivity index (χ3v) is 14.8. The van der Waals surface area contributed by atoms with E-state index in [1.165, 1.54) is 104 Å². The Morgan fingerprint density at radius 3 is 1.93 bits per heavy atom. The summed E-state index contributed by atoms with van der Waals surface area (Å²) in [6, 6.07) is 58.1. The second-order valence-corrected chi connectivity index (χ2v) is 17.7. The van der Waals surface area contributed by atoms with E-state index in [4.69, 9.17) is 0 Å². The van der Waals surface area contributed by atoms with Crippen LogP contribution in [0, 0.1) is 23.7 Å². The number of anilines is 3. The highest BCUT2D eigenvalue weighted by molar-refractivity contribution is 6.01. The van der Waals surface area contributed by atoms with Crippen molar-refractivity contribution in [3.05, 3.63) is 174 Å². The summed E-state index contributed by atoms with van der Waals surface area (Å²) >= 11 is 0. The van der Waals surface area contributed by atoms with Gasteiger partial charge in [0, 0.05) is 27.6 Å². The van der Waals surface area contributed by atoms with Gasteiger partial charge in [-0.15, -0.1) is 0 Å². The standard InChI is InChI=1S/C53H45N/c1-52(2)46-19-9-8-17-43(46)44-24-22-40(32-49(44)52)54(50-21-10-15-35-14-6-7-16-41(35)50)39-23-25-47-45(31-39)51-42(36-12-4-3-5-13-36)18-11-20-48(51)53(47)37-27-33-26-34(29-37)30-38(53)28-33/h3-25,31-34,37-38H,26-30H2,1-2H3. The summed E-state index contributed by atoms with van der Waals surface area (Å²) in [4.78, 5) is 2.56. The molecule has 0 unspecified atom stereocenters. The lowest BCUT2D eigenvalue weighted by Crippen LogP contribution is -2.55. The highest BCUT2D eigenvalue weighted by atomic mass is 15.1. The molecule has 0 atom stereocenters. The molecule has 0 N–H and O–H groups in total. The Kier molecular flexibility index (Phi) is 6.36. The van der Waals surface area contributed by atoms with Crippen molar-refractivity contribution in [2.24, 2.45) is 23.7 Å². The zero-order valence-corrected chi connectivity index (χ0v) is 31.2. The van der Waals surface area contributed by atoms with E-state index >= 15 is 0 Å². The van der Waals surface area contributed by atoms with Crippen molar-refractivity contribution in [2.45, 2.75) is 56.8 Å². The molecular weight excluding hydrogens is 651 g/mol. The normalized spacial score (nSPS) is 24.7. The molecule has 6 aliphatic rings. The van der Waals surface area contributed by atoms with Gasteiger partial charge in [0.05, 0.1) is 5.69 Å². The molecule has 4 bridgehead atoms. The molecule has 4 saturated carbocycles. The smallest absolute Gasteiger partial charge is 0.0540 e. The van der Waals surface area contributed by atoms with Crippen LogP contribution in [0.15, 0.2) is 152 Å². The summed E-state index contributed by atoms with van der Waals surface area (Å²) < 4.78 is 0. The van der Waals surface area contributed by atoms with Crippen LogP contribution in [0.5, 0.6) is 0 Å². The lowest BCUT2D eigenvalue weighted by molar-refractivity contribution is -0.0399. The molecule has 13 rings (SSSR count). The molecular formula is C53H45N. The fourth-order valence-corrected chi connectivity index (χ4v) is 12.9. The van der Waals surface area contributed by atoms with Crippen LogP contribution in [0.2, 0.25) is 0 Å². The predicted octanol–water partition coefficient (Wildman–Crippen LogP) is 14.0. The van der Waals surface area contributed by atoms with Crippen molar-refractivity contribution in [1.82, 2.24) is 0 Å². The van der Waals surface area contributed by atoms with Gasteiger partial charge in [0.2, 0.25) is 0 Å². The van der Waals surface area contributed by atoms with E-state index < -0.39 is 0 Å². The molecule has 7 aromatic carbocycles. The highest BCUT2D eigenvalue weighted by Gasteiger charge is 2.61. The second kappa shape index (κ2) is 11.1. The number of nitrogens with zero attached hydrogens (tertiary/aromatic N) is 1. The summed E-state index contributed by atoms with van der Waals surface area (Å²) in [5.74, 6) is 3.28. The molecule has 0 aromatic heterocycles. The van der Waals surface area contributed by atoms with Crippen molar-refractivity contribution < 1.29 is 0 Å². The third kappa shape index (κ3) is 4.05. The minimum Gasteiger partial charge on any atom is -0.310 e. The average Bonchev–Trinajstić information content (AvgIpc) is 3.62. The first-order chi connectivity index (χ1) is 26.5. The highest BCUT2D eigenvalue weighted by Crippen LogP contribution is 2.70. The Labute approximate surface area is 319 Å². The average molecular weight is 696 g/mol.